The van der Waals surface area contributed by atoms with Gasteiger partial charge >= 0.3 is 0 Å². The molecule has 2 amide bonds. The standard InChI is InChI=1S/C34H45N7O4S/c1-21(42)36-33-37-26-20-45-30-28(23-9-12-27(44-4)35-19-23)38-41(29(30)31(26)46-33)25-10-7-22(8-11-25)32(43)39(3)24-13-15-34(2,16-14-24)40-17-5-6-18-40/h9,12,19,22,24-25H,5-8,10-11,13-18,20H2,1-4H3,(H,36,37,42). The fraction of sp³-hybridized carbons (Fsp3) is 0.618. The summed E-state index contributed by atoms with van der Waals surface area (Å²) in [7, 11) is 3.63. The molecule has 0 aromatic carbocycles. The summed E-state index contributed by atoms with van der Waals surface area (Å²) in [6, 6.07) is 4.21. The maximum atomic E-state index is 13.8. The van der Waals surface area contributed by atoms with Crippen LogP contribution >= 0.6 is 11.3 Å². The van der Waals surface area contributed by atoms with E-state index in [0.717, 1.165) is 66.0 Å². The Bertz CT molecular complexity index is 1580. The molecule has 0 unspecified atom stereocenters. The first-order valence-corrected chi connectivity index (χ1v) is 17.6. The van der Waals surface area contributed by atoms with Crippen LogP contribution in [-0.4, -0.2) is 80.2 Å². The molecule has 46 heavy (non-hydrogen) atoms. The summed E-state index contributed by atoms with van der Waals surface area (Å²) < 4.78 is 13.7. The number of anilines is 1. The van der Waals surface area contributed by atoms with Gasteiger partial charge in [-0.2, -0.15) is 5.10 Å². The van der Waals surface area contributed by atoms with Crippen molar-refractivity contribution in [3.05, 3.63) is 24.0 Å². The van der Waals surface area contributed by atoms with Gasteiger partial charge in [0.05, 0.1) is 18.0 Å². The second kappa shape index (κ2) is 12.6. The molecule has 0 bridgehead atoms. The van der Waals surface area contributed by atoms with Crippen molar-refractivity contribution in [1.82, 2.24) is 29.5 Å². The van der Waals surface area contributed by atoms with Crippen LogP contribution in [0.5, 0.6) is 11.6 Å². The van der Waals surface area contributed by atoms with E-state index >= 15 is 0 Å². The Balaban J connectivity index is 1.08. The van der Waals surface area contributed by atoms with Gasteiger partial charge in [-0.3, -0.25) is 19.2 Å². The average molecular weight is 648 g/mol. The third-order valence-corrected chi connectivity index (χ3v) is 11.8. The van der Waals surface area contributed by atoms with E-state index in [1.54, 1.807) is 13.3 Å². The Kier molecular flexibility index (Phi) is 8.52. The lowest BCUT2D eigenvalue weighted by molar-refractivity contribution is -0.138. The minimum atomic E-state index is -0.160. The zero-order valence-electron chi connectivity index (χ0n) is 27.4. The van der Waals surface area contributed by atoms with Crippen molar-refractivity contribution in [1.29, 1.82) is 0 Å². The number of carbonyl (C=O) groups excluding carboxylic acids is 2. The molecular formula is C34H45N7O4S. The Labute approximate surface area is 274 Å². The number of thiazole rings is 1. The van der Waals surface area contributed by atoms with E-state index in [2.05, 4.69) is 36.7 Å². The molecule has 3 aromatic heterocycles. The Morgan fingerprint density at radius 1 is 1.11 bits per heavy atom. The normalized spacial score (nSPS) is 26.1. The molecular weight excluding hydrogens is 602 g/mol. The Morgan fingerprint density at radius 2 is 1.85 bits per heavy atom. The molecule has 3 aromatic rings. The fourth-order valence-electron chi connectivity index (χ4n) is 8.06. The zero-order chi connectivity index (χ0) is 32.0. The molecule has 7 rings (SSSR count). The molecule has 12 heteroatoms. The van der Waals surface area contributed by atoms with Gasteiger partial charge in [-0.05, 0) is 90.3 Å². The van der Waals surface area contributed by atoms with Gasteiger partial charge in [-0.15, -0.1) is 0 Å². The van der Waals surface area contributed by atoms with Crippen LogP contribution in [-0.2, 0) is 16.2 Å². The van der Waals surface area contributed by atoms with Gasteiger partial charge in [0.15, 0.2) is 10.9 Å². The van der Waals surface area contributed by atoms with Crippen molar-refractivity contribution in [2.24, 2.45) is 5.92 Å². The molecule has 2 aliphatic heterocycles. The third-order valence-electron chi connectivity index (χ3n) is 10.8. The highest BCUT2D eigenvalue weighted by Gasteiger charge is 2.41. The number of pyridine rings is 1. The molecule has 2 aliphatic carbocycles. The van der Waals surface area contributed by atoms with Gasteiger partial charge in [0.25, 0.3) is 0 Å². The van der Waals surface area contributed by atoms with E-state index in [4.69, 9.17) is 14.6 Å². The highest BCUT2D eigenvalue weighted by atomic mass is 32.1. The monoisotopic (exact) mass is 647 g/mol. The van der Waals surface area contributed by atoms with Gasteiger partial charge in [-0.25, -0.2) is 9.97 Å². The highest BCUT2D eigenvalue weighted by Crippen LogP contribution is 2.50. The van der Waals surface area contributed by atoms with Crippen molar-refractivity contribution in [3.63, 3.8) is 0 Å². The number of methoxy groups -OCH3 is 1. The lowest BCUT2D eigenvalue weighted by Gasteiger charge is -2.46. The predicted octanol–water partition coefficient (Wildman–Crippen LogP) is 5.91. The van der Waals surface area contributed by atoms with E-state index in [1.807, 2.05) is 19.2 Å². The second-order valence-corrected chi connectivity index (χ2v) is 14.7. The number of rotatable bonds is 7. The zero-order valence-corrected chi connectivity index (χ0v) is 28.2. The lowest BCUT2D eigenvalue weighted by Crippen LogP contribution is -2.51. The van der Waals surface area contributed by atoms with E-state index < -0.39 is 0 Å². The van der Waals surface area contributed by atoms with Crippen molar-refractivity contribution in [3.8, 4) is 33.5 Å². The number of ether oxygens (including phenoxy) is 2. The number of nitrogens with zero attached hydrogens (tertiary/aromatic N) is 6. The molecule has 2 saturated carbocycles. The van der Waals surface area contributed by atoms with Crippen LogP contribution in [0.3, 0.4) is 0 Å². The SMILES string of the molecule is COc1ccc(-c2nn(C3CCC(C(=O)N(C)C4CCC(C)(N5CCCC5)CC4)CC3)c3c2OCc2nc(NC(C)=O)sc2-3)cn1. The summed E-state index contributed by atoms with van der Waals surface area (Å²) in [5, 5.41) is 8.52. The van der Waals surface area contributed by atoms with Crippen LogP contribution in [0, 0.1) is 5.92 Å². The second-order valence-electron chi connectivity index (χ2n) is 13.7. The summed E-state index contributed by atoms with van der Waals surface area (Å²) in [6.07, 6.45) is 12.3. The number of hydrogen-bond donors (Lipinski definition) is 1. The van der Waals surface area contributed by atoms with Gasteiger partial charge in [0, 0.05) is 49.3 Å². The van der Waals surface area contributed by atoms with Crippen LogP contribution in [0.15, 0.2) is 18.3 Å². The number of nitrogens with one attached hydrogen (secondary N) is 1. The maximum absolute atomic E-state index is 13.8. The van der Waals surface area contributed by atoms with Crippen LogP contribution in [0.25, 0.3) is 21.8 Å². The first-order chi connectivity index (χ1) is 22.2. The average Bonchev–Trinajstić information content (AvgIpc) is 3.83. The van der Waals surface area contributed by atoms with E-state index in [1.165, 1.54) is 57.0 Å². The molecule has 1 saturated heterocycles. The first-order valence-electron chi connectivity index (χ1n) is 16.8. The molecule has 3 fully saturated rings. The van der Waals surface area contributed by atoms with Crippen molar-refractivity contribution >= 4 is 28.3 Å². The van der Waals surface area contributed by atoms with Crippen molar-refractivity contribution in [2.45, 2.75) is 102 Å². The summed E-state index contributed by atoms with van der Waals surface area (Å²) >= 11 is 1.45. The largest absolute Gasteiger partial charge is 0.483 e. The van der Waals surface area contributed by atoms with Crippen molar-refractivity contribution in [2.75, 3.05) is 32.6 Å². The summed E-state index contributed by atoms with van der Waals surface area (Å²) in [5.74, 6) is 1.41. The number of aromatic nitrogens is 4. The topological polar surface area (TPSA) is 115 Å². The fourth-order valence-corrected chi connectivity index (χ4v) is 9.11. The molecule has 11 nitrogen and oxygen atoms in total. The first kappa shape index (κ1) is 31.1. The van der Waals surface area contributed by atoms with Crippen LogP contribution in [0.1, 0.15) is 89.8 Å². The van der Waals surface area contributed by atoms with Crippen LogP contribution in [0.4, 0.5) is 5.13 Å². The van der Waals surface area contributed by atoms with Crippen LogP contribution in [0.2, 0.25) is 0 Å². The van der Waals surface area contributed by atoms with Crippen LogP contribution < -0.4 is 14.8 Å². The molecule has 0 radical (unpaired) electrons. The Hall–Kier alpha value is -3.51. The number of hydrogen-bond acceptors (Lipinski definition) is 9. The minimum absolute atomic E-state index is 0.0337. The lowest BCUT2D eigenvalue weighted by atomic mass is 9.78. The molecule has 5 heterocycles. The molecule has 0 atom stereocenters. The summed E-state index contributed by atoms with van der Waals surface area (Å²) in [4.78, 5) is 40.4. The summed E-state index contributed by atoms with van der Waals surface area (Å²) in [5.41, 5.74) is 3.53. The molecule has 0 spiro atoms. The van der Waals surface area contributed by atoms with Crippen molar-refractivity contribution < 1.29 is 19.1 Å². The summed E-state index contributed by atoms with van der Waals surface area (Å²) in [6.45, 7) is 6.67. The third kappa shape index (κ3) is 5.78. The number of likely N-dealkylation sites (tertiary alicyclic amines) is 1. The Morgan fingerprint density at radius 3 is 2.50 bits per heavy atom. The van der Waals surface area contributed by atoms with Gasteiger partial charge < -0.3 is 19.7 Å². The van der Waals surface area contributed by atoms with Gasteiger partial charge in [0.2, 0.25) is 17.7 Å². The minimum Gasteiger partial charge on any atom is -0.483 e. The predicted molar refractivity (Wildman–Crippen MR) is 177 cm³/mol. The van der Waals surface area contributed by atoms with E-state index in [9.17, 15) is 9.59 Å². The van der Waals surface area contributed by atoms with E-state index in [0.29, 0.717) is 40.9 Å². The van der Waals surface area contributed by atoms with Gasteiger partial charge in [-0.1, -0.05) is 11.3 Å². The number of carbonyl (C=O) groups is 2. The number of amides is 2. The van der Waals surface area contributed by atoms with Gasteiger partial charge in [0.1, 0.15) is 23.7 Å². The van der Waals surface area contributed by atoms with E-state index in [-0.39, 0.29) is 17.9 Å². The molecule has 1 N–H and O–H groups in total. The number of fused-ring (bicyclic) bond motifs is 3. The molecule has 4 aliphatic rings. The highest BCUT2D eigenvalue weighted by molar-refractivity contribution is 7.19. The molecule has 246 valence electrons. The maximum Gasteiger partial charge on any atom is 0.225 e. The smallest absolute Gasteiger partial charge is 0.225 e. The quantitative estimate of drug-likeness (QED) is 0.337.